The Morgan fingerprint density at radius 3 is 2.80 bits per heavy atom. The van der Waals surface area contributed by atoms with Gasteiger partial charge in [-0.15, -0.1) is 0 Å². The summed E-state index contributed by atoms with van der Waals surface area (Å²) in [6.07, 6.45) is 9.43. The Kier molecular flexibility index (Phi) is 4.86. The van der Waals surface area contributed by atoms with Gasteiger partial charge in [-0.1, -0.05) is 45.3 Å². The Labute approximate surface area is 92.4 Å². The van der Waals surface area contributed by atoms with Gasteiger partial charge in [0.05, 0.1) is 5.92 Å². The number of carboxylic acid groups (broad SMARTS) is 1. The Morgan fingerprint density at radius 2 is 2.27 bits per heavy atom. The SMILES string of the molecule is CCCC(CC)C1C=CCC(C(=O)O)C1. The minimum atomic E-state index is -0.629. The van der Waals surface area contributed by atoms with E-state index in [9.17, 15) is 4.79 Å². The second-order valence-electron chi connectivity index (χ2n) is 4.56. The van der Waals surface area contributed by atoms with Crippen molar-refractivity contribution < 1.29 is 9.90 Å². The molecule has 1 aliphatic rings. The molecule has 0 aromatic rings. The number of rotatable bonds is 5. The summed E-state index contributed by atoms with van der Waals surface area (Å²) in [7, 11) is 0. The normalized spacial score (nSPS) is 27.6. The molecule has 0 amide bonds. The first kappa shape index (κ1) is 12.3. The summed E-state index contributed by atoms with van der Waals surface area (Å²) in [6.45, 7) is 4.41. The van der Waals surface area contributed by atoms with E-state index in [1.165, 1.54) is 12.8 Å². The molecule has 0 bridgehead atoms. The quantitative estimate of drug-likeness (QED) is 0.705. The first-order chi connectivity index (χ1) is 7.19. The fourth-order valence-electron chi connectivity index (χ4n) is 2.56. The van der Waals surface area contributed by atoms with Crippen molar-refractivity contribution in [2.75, 3.05) is 0 Å². The molecule has 1 aliphatic carbocycles. The van der Waals surface area contributed by atoms with E-state index in [0.29, 0.717) is 18.3 Å². The lowest BCUT2D eigenvalue weighted by atomic mass is 9.76. The van der Waals surface area contributed by atoms with Gasteiger partial charge in [0.2, 0.25) is 0 Å². The van der Waals surface area contributed by atoms with Crippen molar-refractivity contribution in [3.63, 3.8) is 0 Å². The summed E-state index contributed by atoms with van der Waals surface area (Å²) < 4.78 is 0. The average Bonchev–Trinajstić information content (AvgIpc) is 2.26. The van der Waals surface area contributed by atoms with Crippen molar-refractivity contribution in [1.82, 2.24) is 0 Å². The minimum Gasteiger partial charge on any atom is -0.481 e. The van der Waals surface area contributed by atoms with Crippen LogP contribution in [0.25, 0.3) is 0 Å². The molecule has 0 radical (unpaired) electrons. The smallest absolute Gasteiger partial charge is 0.306 e. The maximum absolute atomic E-state index is 10.9. The molecule has 0 fully saturated rings. The highest BCUT2D eigenvalue weighted by Crippen LogP contribution is 2.33. The second kappa shape index (κ2) is 5.94. The third-order valence-electron chi connectivity index (χ3n) is 3.50. The molecule has 15 heavy (non-hydrogen) atoms. The van der Waals surface area contributed by atoms with Crippen LogP contribution in [0, 0.1) is 17.8 Å². The third kappa shape index (κ3) is 3.37. The van der Waals surface area contributed by atoms with Crippen LogP contribution in [0.1, 0.15) is 46.0 Å². The van der Waals surface area contributed by atoms with Crippen LogP contribution in [0.4, 0.5) is 0 Å². The lowest BCUT2D eigenvalue weighted by Gasteiger charge is -2.28. The summed E-state index contributed by atoms with van der Waals surface area (Å²) in [6, 6.07) is 0. The van der Waals surface area contributed by atoms with Gasteiger partial charge in [0, 0.05) is 0 Å². The predicted octanol–water partition coefficient (Wildman–Crippen LogP) is 3.48. The number of hydrogen-bond donors (Lipinski definition) is 1. The van der Waals surface area contributed by atoms with Gasteiger partial charge in [0.1, 0.15) is 0 Å². The largest absolute Gasteiger partial charge is 0.481 e. The molecular formula is C13H22O2. The number of hydrogen-bond acceptors (Lipinski definition) is 1. The number of allylic oxidation sites excluding steroid dienone is 2. The molecule has 3 atom stereocenters. The monoisotopic (exact) mass is 210 g/mol. The molecule has 0 spiro atoms. The van der Waals surface area contributed by atoms with Gasteiger partial charge in [-0.2, -0.15) is 0 Å². The van der Waals surface area contributed by atoms with Gasteiger partial charge in [0.15, 0.2) is 0 Å². The fourth-order valence-corrected chi connectivity index (χ4v) is 2.56. The van der Waals surface area contributed by atoms with Crippen molar-refractivity contribution >= 4 is 5.97 Å². The maximum atomic E-state index is 10.9. The highest BCUT2D eigenvalue weighted by molar-refractivity contribution is 5.70. The van der Waals surface area contributed by atoms with Crippen molar-refractivity contribution in [2.45, 2.75) is 46.0 Å². The van der Waals surface area contributed by atoms with Gasteiger partial charge >= 0.3 is 5.97 Å². The molecule has 3 unspecified atom stereocenters. The van der Waals surface area contributed by atoms with Crippen LogP contribution in [-0.4, -0.2) is 11.1 Å². The molecule has 0 aromatic carbocycles. The zero-order chi connectivity index (χ0) is 11.3. The summed E-state index contributed by atoms with van der Waals surface area (Å²) in [5.41, 5.74) is 0. The minimum absolute atomic E-state index is 0.147. The van der Waals surface area contributed by atoms with Crippen LogP contribution in [0.15, 0.2) is 12.2 Å². The van der Waals surface area contributed by atoms with Crippen LogP contribution < -0.4 is 0 Å². The zero-order valence-electron chi connectivity index (χ0n) is 9.78. The van der Waals surface area contributed by atoms with Crippen molar-refractivity contribution in [3.05, 3.63) is 12.2 Å². The first-order valence-corrected chi connectivity index (χ1v) is 6.08. The Morgan fingerprint density at radius 1 is 1.53 bits per heavy atom. The Hall–Kier alpha value is -0.790. The van der Waals surface area contributed by atoms with Crippen molar-refractivity contribution in [3.8, 4) is 0 Å². The summed E-state index contributed by atoms with van der Waals surface area (Å²) in [5, 5.41) is 9.01. The average molecular weight is 210 g/mol. The fraction of sp³-hybridized carbons (Fsp3) is 0.769. The molecule has 86 valence electrons. The predicted molar refractivity (Wildman–Crippen MR) is 61.7 cm³/mol. The molecule has 1 rings (SSSR count). The summed E-state index contributed by atoms with van der Waals surface area (Å²) in [4.78, 5) is 10.9. The van der Waals surface area contributed by atoms with Gasteiger partial charge in [-0.05, 0) is 24.7 Å². The topological polar surface area (TPSA) is 37.3 Å². The molecule has 0 saturated carbocycles. The lowest BCUT2D eigenvalue weighted by Crippen LogP contribution is -2.24. The van der Waals surface area contributed by atoms with E-state index in [1.54, 1.807) is 0 Å². The molecule has 0 saturated heterocycles. The molecule has 2 heteroatoms. The van der Waals surface area contributed by atoms with E-state index in [4.69, 9.17) is 5.11 Å². The van der Waals surface area contributed by atoms with E-state index in [2.05, 4.69) is 26.0 Å². The molecule has 0 aromatic heterocycles. The van der Waals surface area contributed by atoms with Crippen LogP contribution in [-0.2, 0) is 4.79 Å². The molecule has 0 heterocycles. The third-order valence-corrected chi connectivity index (χ3v) is 3.50. The van der Waals surface area contributed by atoms with Crippen LogP contribution >= 0.6 is 0 Å². The Balaban J connectivity index is 2.58. The maximum Gasteiger partial charge on any atom is 0.306 e. The number of carboxylic acids is 1. The Bertz CT molecular complexity index is 233. The van der Waals surface area contributed by atoms with E-state index < -0.39 is 5.97 Å². The highest BCUT2D eigenvalue weighted by atomic mass is 16.4. The summed E-state index contributed by atoms with van der Waals surface area (Å²) >= 11 is 0. The van der Waals surface area contributed by atoms with Gasteiger partial charge < -0.3 is 5.11 Å². The standard InChI is InChI=1S/C13H22O2/c1-3-6-10(4-2)11-7-5-8-12(9-11)13(14)15/h5,7,10-12H,3-4,6,8-9H2,1-2H3,(H,14,15). The van der Waals surface area contributed by atoms with E-state index in [-0.39, 0.29) is 5.92 Å². The van der Waals surface area contributed by atoms with Gasteiger partial charge in [-0.3, -0.25) is 4.79 Å². The number of carbonyl (C=O) groups is 1. The first-order valence-electron chi connectivity index (χ1n) is 6.08. The van der Waals surface area contributed by atoms with E-state index in [0.717, 1.165) is 12.8 Å². The lowest BCUT2D eigenvalue weighted by molar-refractivity contribution is -0.142. The molecule has 2 nitrogen and oxygen atoms in total. The van der Waals surface area contributed by atoms with Crippen molar-refractivity contribution in [2.24, 2.45) is 17.8 Å². The second-order valence-corrected chi connectivity index (χ2v) is 4.56. The molecule has 0 aliphatic heterocycles. The van der Waals surface area contributed by atoms with Gasteiger partial charge in [0.25, 0.3) is 0 Å². The highest BCUT2D eigenvalue weighted by Gasteiger charge is 2.27. The van der Waals surface area contributed by atoms with Crippen molar-refractivity contribution in [1.29, 1.82) is 0 Å². The van der Waals surface area contributed by atoms with E-state index in [1.807, 2.05) is 0 Å². The molecule has 1 N–H and O–H groups in total. The van der Waals surface area contributed by atoms with Crippen LogP contribution in [0.5, 0.6) is 0 Å². The van der Waals surface area contributed by atoms with E-state index >= 15 is 0 Å². The van der Waals surface area contributed by atoms with Gasteiger partial charge in [-0.25, -0.2) is 0 Å². The number of aliphatic carboxylic acids is 1. The summed E-state index contributed by atoms with van der Waals surface area (Å²) in [5.74, 6) is 0.389. The van der Waals surface area contributed by atoms with Crippen LogP contribution in [0.2, 0.25) is 0 Å². The zero-order valence-corrected chi connectivity index (χ0v) is 9.78. The van der Waals surface area contributed by atoms with Crippen LogP contribution in [0.3, 0.4) is 0 Å². The molecular weight excluding hydrogens is 188 g/mol.